The van der Waals surface area contributed by atoms with Crippen LogP contribution in [-0.2, 0) is 11.2 Å². The number of aromatic nitrogens is 2. The van der Waals surface area contributed by atoms with Crippen LogP contribution in [0.4, 0.5) is 5.82 Å². The van der Waals surface area contributed by atoms with Crippen molar-refractivity contribution in [3.63, 3.8) is 0 Å². The Morgan fingerprint density at radius 2 is 2.18 bits per heavy atom. The Labute approximate surface area is 106 Å². The van der Waals surface area contributed by atoms with Crippen LogP contribution >= 0.6 is 11.8 Å². The van der Waals surface area contributed by atoms with Gasteiger partial charge >= 0.3 is 0 Å². The van der Waals surface area contributed by atoms with Crippen molar-refractivity contribution in [1.82, 2.24) is 9.97 Å². The van der Waals surface area contributed by atoms with Crippen molar-refractivity contribution in [3.05, 3.63) is 11.9 Å². The fraction of sp³-hybridized carbons (Fsp3) is 0.667. The Kier molecular flexibility index (Phi) is 4.62. The molecule has 1 aliphatic rings. The van der Waals surface area contributed by atoms with E-state index in [0.717, 1.165) is 49.5 Å². The van der Waals surface area contributed by atoms with Gasteiger partial charge in [0.15, 0.2) is 0 Å². The number of ether oxygens (including phenoxy) is 1. The van der Waals surface area contributed by atoms with E-state index in [-0.39, 0.29) is 0 Å². The van der Waals surface area contributed by atoms with Gasteiger partial charge < -0.3 is 10.5 Å². The van der Waals surface area contributed by atoms with Crippen molar-refractivity contribution in [1.29, 1.82) is 0 Å². The van der Waals surface area contributed by atoms with Gasteiger partial charge in [-0.15, -0.1) is 11.8 Å². The number of rotatable bonds is 4. The van der Waals surface area contributed by atoms with Crippen LogP contribution in [0.15, 0.2) is 11.4 Å². The van der Waals surface area contributed by atoms with Crippen molar-refractivity contribution < 1.29 is 4.74 Å². The molecule has 2 heterocycles. The van der Waals surface area contributed by atoms with E-state index in [0.29, 0.717) is 11.1 Å². The third-order valence-corrected chi connectivity index (χ3v) is 4.27. The first-order valence-electron chi connectivity index (χ1n) is 6.15. The number of hydrogen-bond acceptors (Lipinski definition) is 5. The molecule has 2 rings (SSSR count). The summed E-state index contributed by atoms with van der Waals surface area (Å²) in [7, 11) is 0. The zero-order chi connectivity index (χ0) is 12.1. The van der Waals surface area contributed by atoms with Gasteiger partial charge in [-0.1, -0.05) is 13.3 Å². The number of anilines is 1. The van der Waals surface area contributed by atoms with E-state index >= 15 is 0 Å². The molecule has 0 radical (unpaired) electrons. The molecule has 2 N–H and O–H groups in total. The lowest BCUT2D eigenvalue weighted by Crippen LogP contribution is -2.18. The monoisotopic (exact) mass is 253 g/mol. The topological polar surface area (TPSA) is 61.0 Å². The molecule has 5 heteroatoms. The summed E-state index contributed by atoms with van der Waals surface area (Å²) in [6.45, 7) is 3.87. The molecule has 0 unspecified atom stereocenters. The third-order valence-electron chi connectivity index (χ3n) is 2.89. The fourth-order valence-electron chi connectivity index (χ4n) is 1.95. The normalized spacial score (nSPS) is 17.2. The molecule has 0 atom stereocenters. The minimum absolute atomic E-state index is 0.605. The third kappa shape index (κ3) is 3.33. The Balaban J connectivity index is 2.10. The highest BCUT2D eigenvalue weighted by Gasteiger charge is 2.18. The van der Waals surface area contributed by atoms with Crippen LogP contribution in [0, 0.1) is 0 Å². The predicted molar refractivity (Wildman–Crippen MR) is 70.1 cm³/mol. The summed E-state index contributed by atoms with van der Waals surface area (Å²) < 4.78 is 5.37. The number of hydrogen-bond donors (Lipinski definition) is 1. The summed E-state index contributed by atoms with van der Waals surface area (Å²) in [5.74, 6) is 0.636. The molecule has 1 fully saturated rings. The largest absolute Gasteiger partial charge is 0.383 e. The molecule has 0 amide bonds. The van der Waals surface area contributed by atoms with E-state index < -0.39 is 0 Å². The minimum Gasteiger partial charge on any atom is -0.383 e. The standard InChI is InChI=1S/C12H19N3OS/c1-2-3-10-11(13)14-8-15-12(10)17-9-4-6-16-7-5-9/h8-9H,2-7H2,1H3,(H2,13,14,15). The molecular formula is C12H19N3OS. The zero-order valence-electron chi connectivity index (χ0n) is 10.2. The van der Waals surface area contributed by atoms with E-state index in [9.17, 15) is 0 Å². The molecule has 0 bridgehead atoms. The first-order chi connectivity index (χ1) is 8.31. The van der Waals surface area contributed by atoms with Crippen molar-refractivity contribution >= 4 is 17.6 Å². The Morgan fingerprint density at radius 3 is 2.88 bits per heavy atom. The first kappa shape index (κ1) is 12.6. The van der Waals surface area contributed by atoms with Gasteiger partial charge in [0.25, 0.3) is 0 Å². The zero-order valence-corrected chi connectivity index (χ0v) is 11.0. The predicted octanol–water partition coefficient (Wildman–Crippen LogP) is 2.28. The highest BCUT2D eigenvalue weighted by molar-refractivity contribution is 7.99. The lowest BCUT2D eigenvalue weighted by Gasteiger charge is -2.22. The van der Waals surface area contributed by atoms with E-state index in [1.807, 2.05) is 11.8 Å². The van der Waals surface area contributed by atoms with Gasteiger partial charge in [-0.25, -0.2) is 9.97 Å². The Morgan fingerprint density at radius 1 is 1.41 bits per heavy atom. The highest BCUT2D eigenvalue weighted by Crippen LogP contribution is 2.32. The molecule has 94 valence electrons. The van der Waals surface area contributed by atoms with E-state index in [1.165, 1.54) is 0 Å². The maximum absolute atomic E-state index is 5.92. The average molecular weight is 253 g/mol. The molecule has 0 aromatic carbocycles. The molecule has 1 aromatic heterocycles. The molecule has 0 aliphatic carbocycles. The van der Waals surface area contributed by atoms with E-state index in [1.54, 1.807) is 6.33 Å². The first-order valence-corrected chi connectivity index (χ1v) is 7.03. The molecule has 1 aliphatic heterocycles. The second-order valence-corrected chi connectivity index (χ2v) is 5.51. The van der Waals surface area contributed by atoms with Gasteiger partial charge in [0.05, 0.1) is 0 Å². The van der Waals surface area contributed by atoms with Crippen molar-refractivity contribution in [2.24, 2.45) is 0 Å². The van der Waals surface area contributed by atoms with Gasteiger partial charge in [0.1, 0.15) is 17.2 Å². The molecule has 0 saturated carbocycles. The lowest BCUT2D eigenvalue weighted by atomic mass is 10.2. The van der Waals surface area contributed by atoms with Crippen LogP contribution in [0.25, 0.3) is 0 Å². The molecule has 0 spiro atoms. The lowest BCUT2D eigenvalue weighted by molar-refractivity contribution is 0.1000. The quantitative estimate of drug-likeness (QED) is 0.834. The maximum Gasteiger partial charge on any atom is 0.131 e. The molecule has 4 nitrogen and oxygen atoms in total. The van der Waals surface area contributed by atoms with Crippen LogP contribution in [0.3, 0.4) is 0 Å². The summed E-state index contributed by atoms with van der Waals surface area (Å²) >= 11 is 1.83. The smallest absolute Gasteiger partial charge is 0.131 e. The second kappa shape index (κ2) is 6.21. The summed E-state index contributed by atoms with van der Waals surface area (Å²) in [4.78, 5) is 8.46. The highest BCUT2D eigenvalue weighted by atomic mass is 32.2. The fourth-order valence-corrected chi connectivity index (χ4v) is 3.15. The van der Waals surface area contributed by atoms with Crippen LogP contribution in [-0.4, -0.2) is 28.4 Å². The molecule has 1 saturated heterocycles. The average Bonchev–Trinajstić information content (AvgIpc) is 2.35. The number of nitrogens with two attached hydrogens (primary N) is 1. The van der Waals surface area contributed by atoms with Gasteiger partial charge in [0.2, 0.25) is 0 Å². The van der Waals surface area contributed by atoms with Crippen LogP contribution in [0.1, 0.15) is 31.7 Å². The van der Waals surface area contributed by atoms with Gasteiger partial charge in [-0.05, 0) is 19.3 Å². The maximum atomic E-state index is 5.92. The van der Waals surface area contributed by atoms with Crippen molar-refractivity contribution in [3.8, 4) is 0 Å². The van der Waals surface area contributed by atoms with Crippen LogP contribution in [0.2, 0.25) is 0 Å². The van der Waals surface area contributed by atoms with E-state index in [2.05, 4.69) is 16.9 Å². The molecule has 17 heavy (non-hydrogen) atoms. The Bertz CT molecular complexity index is 367. The summed E-state index contributed by atoms with van der Waals surface area (Å²) in [5, 5.41) is 1.67. The van der Waals surface area contributed by atoms with Gasteiger partial charge in [0, 0.05) is 24.0 Å². The van der Waals surface area contributed by atoms with Gasteiger partial charge in [-0.3, -0.25) is 0 Å². The van der Waals surface area contributed by atoms with Crippen LogP contribution < -0.4 is 5.73 Å². The van der Waals surface area contributed by atoms with Crippen LogP contribution in [0.5, 0.6) is 0 Å². The molecular weight excluding hydrogens is 234 g/mol. The molecule has 1 aromatic rings. The minimum atomic E-state index is 0.605. The van der Waals surface area contributed by atoms with E-state index in [4.69, 9.17) is 10.5 Å². The summed E-state index contributed by atoms with van der Waals surface area (Å²) in [6, 6.07) is 0. The Hall–Kier alpha value is -0.810. The second-order valence-electron chi connectivity index (χ2n) is 4.22. The van der Waals surface area contributed by atoms with Gasteiger partial charge in [-0.2, -0.15) is 0 Å². The van der Waals surface area contributed by atoms with Crippen molar-refractivity contribution in [2.75, 3.05) is 18.9 Å². The number of thioether (sulfide) groups is 1. The number of nitrogens with zero attached hydrogens (tertiary/aromatic N) is 2. The SMILES string of the molecule is CCCc1c(N)ncnc1SC1CCOCC1. The summed E-state index contributed by atoms with van der Waals surface area (Å²) in [6.07, 6.45) is 5.79. The summed E-state index contributed by atoms with van der Waals surface area (Å²) in [5.41, 5.74) is 7.04. The van der Waals surface area contributed by atoms with Crippen molar-refractivity contribution in [2.45, 2.75) is 42.9 Å². The number of nitrogen functional groups attached to an aromatic ring is 1.